The maximum absolute atomic E-state index is 11.5. The van der Waals surface area contributed by atoms with Crippen LogP contribution in [0.4, 0.5) is 5.82 Å². The first-order valence-corrected chi connectivity index (χ1v) is 6.61. The maximum atomic E-state index is 11.5. The zero-order chi connectivity index (χ0) is 13.8. The van der Waals surface area contributed by atoms with Gasteiger partial charge in [0.2, 0.25) is 0 Å². The highest BCUT2D eigenvalue weighted by Gasteiger charge is 2.22. The number of nitrogens with one attached hydrogen (secondary N) is 1. The second kappa shape index (κ2) is 6.02. The van der Waals surface area contributed by atoms with Gasteiger partial charge in [-0.15, -0.1) is 0 Å². The van der Waals surface area contributed by atoms with E-state index in [1.807, 2.05) is 0 Å². The van der Waals surface area contributed by atoms with Crippen LogP contribution in [-0.2, 0) is 4.74 Å². The Labute approximate surface area is 114 Å². The quantitative estimate of drug-likeness (QED) is 0.842. The van der Waals surface area contributed by atoms with Crippen LogP contribution in [0.3, 0.4) is 0 Å². The molecule has 1 aliphatic rings. The monoisotopic (exact) mass is 263 g/mol. The summed E-state index contributed by atoms with van der Waals surface area (Å²) in [4.78, 5) is 18.1. The summed E-state index contributed by atoms with van der Waals surface area (Å²) >= 11 is 0. The predicted octanol–water partition coefficient (Wildman–Crippen LogP) is 1.76. The number of carbonyl (C=O) groups excluding carboxylic acids is 1. The molecule has 19 heavy (non-hydrogen) atoms. The van der Waals surface area contributed by atoms with E-state index >= 15 is 0 Å². The molecule has 0 aliphatic carbocycles. The maximum Gasteiger partial charge on any atom is 0.338 e. The largest absolute Gasteiger partial charge is 0.465 e. The Hall–Kier alpha value is -1.62. The Morgan fingerprint density at radius 3 is 3.05 bits per heavy atom. The molecule has 0 spiro atoms. The minimum absolute atomic E-state index is 0.331. The molecule has 0 aromatic carbocycles. The lowest BCUT2D eigenvalue weighted by Gasteiger charge is -2.35. The molecule has 104 valence electrons. The van der Waals surface area contributed by atoms with Gasteiger partial charge in [0.1, 0.15) is 5.82 Å². The Balaban J connectivity index is 2.01. The second-order valence-corrected chi connectivity index (χ2v) is 5.12. The molecule has 0 amide bonds. The number of nitrogens with zero attached hydrogens (tertiary/aromatic N) is 2. The molecule has 1 N–H and O–H groups in total. The fourth-order valence-electron chi connectivity index (χ4n) is 2.38. The fraction of sp³-hybridized carbons (Fsp3) is 0.571. The van der Waals surface area contributed by atoms with Gasteiger partial charge in [0.25, 0.3) is 0 Å². The summed E-state index contributed by atoms with van der Waals surface area (Å²) in [5, 5.41) is 3.41. The van der Waals surface area contributed by atoms with Crippen LogP contribution >= 0.6 is 0 Å². The van der Waals surface area contributed by atoms with Crippen LogP contribution in [0.5, 0.6) is 0 Å². The van der Waals surface area contributed by atoms with Crippen molar-refractivity contribution in [1.82, 2.24) is 9.88 Å². The summed E-state index contributed by atoms with van der Waals surface area (Å²) in [6, 6.07) is 4.38. The van der Waals surface area contributed by atoms with Gasteiger partial charge in [0, 0.05) is 24.8 Å². The van der Waals surface area contributed by atoms with Gasteiger partial charge < -0.3 is 15.0 Å². The van der Waals surface area contributed by atoms with Gasteiger partial charge in [0.15, 0.2) is 0 Å². The zero-order valence-corrected chi connectivity index (χ0v) is 11.7. The third-order valence-corrected chi connectivity index (χ3v) is 3.74. The predicted molar refractivity (Wildman–Crippen MR) is 74.3 cm³/mol. The average molecular weight is 263 g/mol. The van der Waals surface area contributed by atoms with Gasteiger partial charge in [-0.1, -0.05) is 0 Å². The van der Waals surface area contributed by atoms with Gasteiger partial charge in [-0.3, -0.25) is 0 Å². The first kappa shape index (κ1) is 13.8. The van der Waals surface area contributed by atoms with Crippen molar-refractivity contribution in [2.45, 2.75) is 31.8 Å². The minimum atomic E-state index is -0.331. The van der Waals surface area contributed by atoms with Crippen LogP contribution < -0.4 is 5.32 Å². The summed E-state index contributed by atoms with van der Waals surface area (Å²) in [6.45, 7) is 3.31. The fourth-order valence-corrected chi connectivity index (χ4v) is 2.38. The highest BCUT2D eigenvalue weighted by atomic mass is 16.5. The van der Waals surface area contributed by atoms with E-state index in [9.17, 15) is 4.79 Å². The highest BCUT2D eigenvalue weighted by molar-refractivity contribution is 5.89. The van der Waals surface area contributed by atoms with Gasteiger partial charge in [-0.2, -0.15) is 0 Å². The van der Waals surface area contributed by atoms with Crippen molar-refractivity contribution in [3.8, 4) is 0 Å². The molecule has 5 heteroatoms. The number of hydrogen-bond acceptors (Lipinski definition) is 5. The van der Waals surface area contributed by atoms with Crippen molar-refractivity contribution < 1.29 is 9.53 Å². The molecule has 2 unspecified atom stereocenters. The van der Waals surface area contributed by atoms with E-state index in [1.165, 1.54) is 7.11 Å². The lowest BCUT2D eigenvalue weighted by atomic mass is 9.99. The summed E-state index contributed by atoms with van der Waals surface area (Å²) < 4.78 is 4.71. The SMILES string of the molecule is COC(=O)c1ccnc(NC2CCN(C)C(C)C2)c1. The topological polar surface area (TPSA) is 54.5 Å². The van der Waals surface area contributed by atoms with Crippen LogP contribution in [0.25, 0.3) is 0 Å². The molecule has 2 rings (SSSR count). The van der Waals surface area contributed by atoms with Crippen molar-refractivity contribution in [2.24, 2.45) is 0 Å². The van der Waals surface area contributed by atoms with Crippen LogP contribution in [0.15, 0.2) is 18.3 Å². The average Bonchev–Trinajstić information content (AvgIpc) is 2.42. The molecule has 2 heterocycles. The number of pyridine rings is 1. The summed E-state index contributed by atoms with van der Waals surface area (Å²) in [5.74, 6) is 0.409. The number of aromatic nitrogens is 1. The van der Waals surface area contributed by atoms with Gasteiger partial charge in [0.05, 0.1) is 12.7 Å². The molecule has 0 saturated carbocycles. The number of rotatable bonds is 3. The second-order valence-electron chi connectivity index (χ2n) is 5.12. The summed E-state index contributed by atoms with van der Waals surface area (Å²) in [7, 11) is 3.53. The Morgan fingerprint density at radius 1 is 1.58 bits per heavy atom. The van der Waals surface area contributed by atoms with Crippen LogP contribution in [0, 0.1) is 0 Å². The van der Waals surface area contributed by atoms with Crippen LogP contribution in [0.2, 0.25) is 0 Å². The van der Waals surface area contributed by atoms with Crippen molar-refractivity contribution >= 4 is 11.8 Å². The van der Waals surface area contributed by atoms with Gasteiger partial charge in [-0.05, 0) is 38.9 Å². The van der Waals surface area contributed by atoms with Crippen molar-refractivity contribution in [1.29, 1.82) is 0 Å². The highest BCUT2D eigenvalue weighted by Crippen LogP contribution is 2.19. The molecule has 5 nitrogen and oxygen atoms in total. The van der Waals surface area contributed by atoms with E-state index in [1.54, 1.807) is 18.3 Å². The number of carbonyl (C=O) groups is 1. The lowest BCUT2D eigenvalue weighted by Crippen LogP contribution is -2.42. The number of likely N-dealkylation sites (tertiary alicyclic amines) is 1. The molecule has 1 aromatic heterocycles. The molecule has 2 atom stereocenters. The molecular weight excluding hydrogens is 242 g/mol. The van der Waals surface area contributed by atoms with Crippen LogP contribution in [-0.4, -0.2) is 48.6 Å². The first-order valence-electron chi connectivity index (χ1n) is 6.61. The van der Waals surface area contributed by atoms with Crippen molar-refractivity contribution in [2.75, 3.05) is 26.0 Å². The smallest absolute Gasteiger partial charge is 0.338 e. The number of anilines is 1. The number of piperidine rings is 1. The summed E-state index contributed by atoms with van der Waals surface area (Å²) in [6.07, 6.45) is 3.80. The third kappa shape index (κ3) is 3.44. The van der Waals surface area contributed by atoms with E-state index in [2.05, 4.69) is 29.2 Å². The van der Waals surface area contributed by atoms with Crippen LogP contribution in [0.1, 0.15) is 30.1 Å². The number of esters is 1. The normalized spacial score (nSPS) is 23.9. The molecule has 0 bridgehead atoms. The van der Waals surface area contributed by atoms with Gasteiger partial charge in [-0.25, -0.2) is 9.78 Å². The molecular formula is C14H21N3O2. The molecule has 1 saturated heterocycles. The minimum Gasteiger partial charge on any atom is -0.465 e. The first-order chi connectivity index (χ1) is 9.10. The molecule has 1 fully saturated rings. The third-order valence-electron chi connectivity index (χ3n) is 3.74. The van der Waals surface area contributed by atoms with Gasteiger partial charge >= 0.3 is 5.97 Å². The Bertz CT molecular complexity index is 450. The van der Waals surface area contributed by atoms with Crippen molar-refractivity contribution in [3.05, 3.63) is 23.9 Å². The molecule has 1 aliphatic heterocycles. The Morgan fingerprint density at radius 2 is 2.37 bits per heavy atom. The standard InChI is InChI=1S/C14H21N3O2/c1-10-8-12(5-7-17(10)2)16-13-9-11(4-6-15-13)14(18)19-3/h4,6,9-10,12H,5,7-8H2,1-3H3,(H,15,16). The van der Waals surface area contributed by atoms with Crippen molar-refractivity contribution in [3.63, 3.8) is 0 Å². The van der Waals surface area contributed by atoms with E-state index in [0.717, 1.165) is 25.2 Å². The zero-order valence-electron chi connectivity index (χ0n) is 11.7. The number of hydrogen-bond donors (Lipinski definition) is 1. The Kier molecular flexibility index (Phi) is 4.37. The number of ether oxygens (including phenoxy) is 1. The lowest BCUT2D eigenvalue weighted by molar-refractivity contribution is 0.0600. The molecule has 1 aromatic rings. The van der Waals surface area contributed by atoms with E-state index in [4.69, 9.17) is 4.74 Å². The summed E-state index contributed by atoms with van der Waals surface area (Å²) in [5.41, 5.74) is 0.529. The molecule has 0 radical (unpaired) electrons. The van der Waals surface area contributed by atoms with E-state index in [-0.39, 0.29) is 5.97 Å². The van der Waals surface area contributed by atoms with E-state index < -0.39 is 0 Å². The number of methoxy groups -OCH3 is 1. The van der Waals surface area contributed by atoms with E-state index in [0.29, 0.717) is 17.6 Å².